The summed E-state index contributed by atoms with van der Waals surface area (Å²) in [5.74, 6) is -1.63. The summed E-state index contributed by atoms with van der Waals surface area (Å²) < 4.78 is 18.6. The Morgan fingerprint density at radius 2 is 1.59 bits per heavy atom. The van der Waals surface area contributed by atoms with Crippen molar-refractivity contribution in [1.29, 1.82) is 0 Å². The number of likely N-dealkylation sites (N-methyl/N-ethyl adjacent to an activating group) is 1. The second kappa shape index (κ2) is 18.6. The molecule has 0 fully saturated rings. The lowest BCUT2D eigenvalue weighted by Gasteiger charge is -2.20. The molecule has 0 saturated carbocycles. The van der Waals surface area contributed by atoms with E-state index in [2.05, 4.69) is 15.6 Å². The van der Waals surface area contributed by atoms with Crippen molar-refractivity contribution in [3.63, 3.8) is 0 Å². The van der Waals surface area contributed by atoms with Crippen LogP contribution in [-0.4, -0.2) is 119 Å². The van der Waals surface area contributed by atoms with Gasteiger partial charge in [0.2, 0.25) is 0 Å². The monoisotopic (exact) mass is 492 g/mol. The van der Waals surface area contributed by atoms with E-state index in [9.17, 15) is 4.79 Å². The van der Waals surface area contributed by atoms with Crippen LogP contribution in [0.3, 0.4) is 0 Å². The van der Waals surface area contributed by atoms with Gasteiger partial charge in [0.15, 0.2) is 0 Å². The van der Waals surface area contributed by atoms with Crippen LogP contribution < -0.4 is 5.32 Å². The molecule has 0 aliphatic heterocycles. The molecule has 1 rings (SSSR count). The number of aliphatic hydroxyl groups excluding tert-OH is 4. The number of unbranched alkanes of at least 4 members (excludes halogenated alkanes) is 1. The number of aromatic nitrogens is 3. The number of hydrogen-bond acceptors (Lipinski definition) is 11. The Kier molecular flexibility index (Phi) is 16.6. The molecular weight excluding hydrogens is 452 g/mol. The predicted octanol–water partition coefficient (Wildman–Crippen LogP) is -1.76. The maximum absolute atomic E-state index is 11.0. The van der Waals surface area contributed by atoms with Crippen LogP contribution in [0.25, 0.3) is 0 Å². The van der Waals surface area contributed by atoms with Crippen molar-refractivity contribution in [1.82, 2.24) is 20.3 Å². The van der Waals surface area contributed by atoms with E-state index >= 15 is 0 Å². The summed E-state index contributed by atoms with van der Waals surface area (Å²) in [6.07, 6.45) is 3.29. The molecule has 0 aromatic carbocycles. The fourth-order valence-corrected chi connectivity index (χ4v) is 2.93. The third-order valence-electron chi connectivity index (χ3n) is 5.18. The average Bonchev–Trinajstić information content (AvgIpc) is 3.30. The smallest absolute Gasteiger partial charge is 0.320 e. The van der Waals surface area contributed by atoms with Gasteiger partial charge in [0.1, 0.15) is 17.8 Å². The maximum atomic E-state index is 11.0. The van der Waals surface area contributed by atoms with Crippen LogP contribution in [0.5, 0.6) is 0 Å². The maximum Gasteiger partial charge on any atom is 0.320 e. The molecule has 0 spiro atoms. The third-order valence-corrected chi connectivity index (χ3v) is 5.18. The number of aryl methyl sites for hydroxylation is 1. The van der Waals surface area contributed by atoms with Gasteiger partial charge in [0.05, 0.1) is 65.7 Å². The van der Waals surface area contributed by atoms with Crippen molar-refractivity contribution in [3.05, 3.63) is 11.9 Å². The number of nitrogens with zero attached hydrogens (tertiary/aromatic N) is 3. The van der Waals surface area contributed by atoms with Crippen LogP contribution in [0.1, 0.15) is 25.0 Å². The van der Waals surface area contributed by atoms with Gasteiger partial charge < -0.3 is 45.1 Å². The minimum Gasteiger partial charge on any atom is -0.480 e. The number of rotatable bonds is 22. The van der Waals surface area contributed by atoms with Gasteiger partial charge in [-0.2, -0.15) is 0 Å². The summed E-state index contributed by atoms with van der Waals surface area (Å²) in [6.45, 7) is 0.629. The molecule has 0 radical (unpaired) electrons. The van der Waals surface area contributed by atoms with Crippen molar-refractivity contribution in [2.45, 2.75) is 44.6 Å². The SMILES string of the molecule is CN[C@H](CCCCn1cc(COC(COCC(CO)CO)COCC(CO)CO)nn1)C(=O)O. The van der Waals surface area contributed by atoms with Gasteiger partial charge in [-0.15, -0.1) is 5.10 Å². The van der Waals surface area contributed by atoms with E-state index in [0.29, 0.717) is 18.7 Å². The Hall–Kier alpha value is -1.71. The molecular formula is C21H40N4O9. The normalized spacial score (nSPS) is 12.8. The first-order valence-electron chi connectivity index (χ1n) is 11.5. The zero-order valence-corrected chi connectivity index (χ0v) is 19.8. The summed E-state index contributed by atoms with van der Waals surface area (Å²) in [5, 5.41) is 56.6. The Morgan fingerprint density at radius 1 is 1.00 bits per heavy atom. The second-order valence-corrected chi connectivity index (χ2v) is 8.12. The molecule has 1 aromatic heterocycles. The van der Waals surface area contributed by atoms with Gasteiger partial charge >= 0.3 is 5.97 Å². The Bertz CT molecular complexity index is 624. The van der Waals surface area contributed by atoms with Crippen LogP contribution in [0.4, 0.5) is 0 Å². The van der Waals surface area contributed by atoms with E-state index < -0.39 is 18.1 Å². The lowest BCUT2D eigenvalue weighted by atomic mass is 10.1. The number of carboxylic acid groups (broad SMARTS) is 1. The van der Waals surface area contributed by atoms with Gasteiger partial charge in [0, 0.05) is 18.4 Å². The van der Waals surface area contributed by atoms with E-state index in [1.165, 1.54) is 0 Å². The van der Waals surface area contributed by atoms with Crippen LogP contribution in [0.15, 0.2) is 6.20 Å². The highest BCUT2D eigenvalue weighted by Gasteiger charge is 2.16. The van der Waals surface area contributed by atoms with Gasteiger partial charge in [0.25, 0.3) is 0 Å². The third kappa shape index (κ3) is 12.7. The molecule has 0 amide bonds. The number of aliphatic hydroxyl groups is 4. The van der Waals surface area contributed by atoms with Crippen molar-refractivity contribution in [3.8, 4) is 0 Å². The molecule has 1 aromatic rings. The average molecular weight is 493 g/mol. The fraction of sp³-hybridized carbons (Fsp3) is 0.857. The molecule has 0 unspecified atom stereocenters. The summed E-state index contributed by atoms with van der Waals surface area (Å²) in [5.41, 5.74) is 0.607. The van der Waals surface area contributed by atoms with Crippen molar-refractivity contribution < 1.29 is 44.5 Å². The first-order valence-corrected chi connectivity index (χ1v) is 11.5. The largest absolute Gasteiger partial charge is 0.480 e. The minimum absolute atomic E-state index is 0.157. The molecule has 6 N–H and O–H groups in total. The van der Waals surface area contributed by atoms with Gasteiger partial charge in [-0.3, -0.25) is 9.48 Å². The van der Waals surface area contributed by atoms with Crippen molar-refractivity contribution >= 4 is 5.97 Å². The molecule has 13 heteroatoms. The number of carboxylic acids is 1. The lowest BCUT2D eigenvalue weighted by molar-refractivity contribution is -0.139. The molecule has 1 atom stereocenters. The van der Waals surface area contributed by atoms with Crippen molar-refractivity contribution in [2.75, 3.05) is 59.9 Å². The molecule has 1 heterocycles. The predicted molar refractivity (Wildman–Crippen MR) is 120 cm³/mol. The van der Waals surface area contributed by atoms with Crippen LogP contribution in [-0.2, 0) is 32.2 Å². The van der Waals surface area contributed by atoms with Gasteiger partial charge in [-0.25, -0.2) is 0 Å². The molecule has 0 bridgehead atoms. The quantitative estimate of drug-likeness (QED) is 0.100. The van der Waals surface area contributed by atoms with E-state index in [-0.39, 0.29) is 71.3 Å². The zero-order valence-electron chi connectivity index (χ0n) is 19.8. The standard InChI is InChI=1S/C21H40N4O9/c1-22-20(21(30)31)4-2-3-5-25-6-18(23-24-25)13-34-19(14-32-11-16(7-26)8-27)15-33-12-17(9-28)10-29/h6,16-17,19-20,22,26-29H,2-5,7-15H2,1H3,(H,30,31)/t20-/m1/s1. The van der Waals surface area contributed by atoms with Crippen LogP contribution >= 0.6 is 0 Å². The van der Waals surface area contributed by atoms with Gasteiger partial charge in [-0.05, 0) is 26.3 Å². The summed E-state index contributed by atoms with van der Waals surface area (Å²) >= 11 is 0. The summed E-state index contributed by atoms with van der Waals surface area (Å²) in [4.78, 5) is 11.0. The highest BCUT2D eigenvalue weighted by atomic mass is 16.6. The summed E-state index contributed by atoms with van der Waals surface area (Å²) in [6, 6.07) is -0.559. The fourth-order valence-electron chi connectivity index (χ4n) is 2.93. The van der Waals surface area contributed by atoms with Crippen LogP contribution in [0, 0.1) is 11.8 Å². The van der Waals surface area contributed by atoms with E-state index in [4.69, 9.17) is 39.7 Å². The molecule has 13 nitrogen and oxygen atoms in total. The topological polar surface area (TPSA) is 189 Å². The second-order valence-electron chi connectivity index (χ2n) is 8.12. The lowest BCUT2D eigenvalue weighted by Crippen LogP contribution is -2.33. The number of carbonyl (C=O) groups is 1. The zero-order chi connectivity index (χ0) is 25.2. The number of hydrogen-bond donors (Lipinski definition) is 6. The summed E-state index contributed by atoms with van der Waals surface area (Å²) in [7, 11) is 1.63. The van der Waals surface area contributed by atoms with E-state index in [1.807, 2.05) is 0 Å². The minimum atomic E-state index is -0.864. The van der Waals surface area contributed by atoms with Crippen LogP contribution in [0.2, 0.25) is 0 Å². The number of nitrogens with one attached hydrogen (secondary N) is 1. The first-order chi connectivity index (χ1) is 16.5. The first kappa shape index (κ1) is 30.3. The van der Waals surface area contributed by atoms with Gasteiger partial charge in [-0.1, -0.05) is 5.21 Å². The molecule has 198 valence electrons. The van der Waals surface area contributed by atoms with Crippen molar-refractivity contribution in [2.24, 2.45) is 11.8 Å². The molecule has 0 aliphatic rings. The Labute approximate surface area is 199 Å². The molecule has 34 heavy (non-hydrogen) atoms. The number of ether oxygens (including phenoxy) is 3. The van der Waals surface area contributed by atoms with E-state index in [0.717, 1.165) is 12.8 Å². The molecule has 0 aliphatic carbocycles. The highest BCUT2D eigenvalue weighted by Crippen LogP contribution is 2.07. The number of aliphatic carboxylic acids is 1. The highest BCUT2D eigenvalue weighted by molar-refractivity contribution is 5.73. The molecule has 0 saturated heterocycles. The van der Waals surface area contributed by atoms with E-state index in [1.54, 1.807) is 17.9 Å². The Morgan fingerprint density at radius 3 is 2.09 bits per heavy atom. The Balaban J connectivity index is 2.47.